The molecule has 2 rings (SSSR count). The van der Waals surface area contributed by atoms with Crippen LogP contribution in [0.1, 0.15) is 16.2 Å². The Balaban J connectivity index is 1.85. The van der Waals surface area contributed by atoms with Gasteiger partial charge in [-0.25, -0.2) is 8.42 Å². The van der Waals surface area contributed by atoms with Gasteiger partial charge in [0.15, 0.2) is 9.84 Å². The summed E-state index contributed by atoms with van der Waals surface area (Å²) in [7, 11) is -0.346. The van der Waals surface area contributed by atoms with Gasteiger partial charge in [-0.1, -0.05) is 11.6 Å². The van der Waals surface area contributed by atoms with Crippen molar-refractivity contribution in [1.82, 2.24) is 15.3 Å². The quantitative estimate of drug-likeness (QED) is 0.585. The number of ether oxygens (including phenoxy) is 2. The Morgan fingerprint density at radius 1 is 1.18 bits per heavy atom. The molecule has 0 aliphatic carbocycles. The van der Waals surface area contributed by atoms with Gasteiger partial charge in [-0.05, 0) is 18.2 Å². The van der Waals surface area contributed by atoms with Gasteiger partial charge in [0.25, 0.3) is 5.91 Å². The number of nitrogens with one attached hydrogen (secondary N) is 1. The van der Waals surface area contributed by atoms with Crippen LogP contribution in [0.2, 0.25) is 5.02 Å². The summed E-state index contributed by atoms with van der Waals surface area (Å²) in [5, 5.41) is 2.83. The minimum Gasteiger partial charge on any atom is -0.481 e. The first-order valence-electron chi connectivity index (χ1n) is 8.06. The molecular weight excluding hydrogens is 426 g/mol. The number of halogens is 1. The third-order valence-corrected chi connectivity index (χ3v) is 5.90. The van der Waals surface area contributed by atoms with Gasteiger partial charge >= 0.3 is 0 Å². The maximum absolute atomic E-state index is 12.2. The molecule has 0 aliphatic heterocycles. The van der Waals surface area contributed by atoms with E-state index in [1.807, 2.05) is 0 Å². The van der Waals surface area contributed by atoms with Gasteiger partial charge in [-0.15, -0.1) is 0 Å². The highest BCUT2D eigenvalue weighted by Crippen LogP contribution is 2.21. The maximum atomic E-state index is 12.2. The lowest BCUT2D eigenvalue weighted by Gasteiger charge is -2.08. The number of rotatable bonds is 9. The largest absolute Gasteiger partial charge is 0.481 e. The van der Waals surface area contributed by atoms with E-state index in [4.69, 9.17) is 21.1 Å². The summed E-state index contributed by atoms with van der Waals surface area (Å²) in [6, 6.07) is 5.62. The van der Waals surface area contributed by atoms with Gasteiger partial charge in [0.2, 0.25) is 11.8 Å². The fraction of sp³-hybridized carbons (Fsp3) is 0.353. The summed E-state index contributed by atoms with van der Waals surface area (Å²) in [4.78, 5) is 20.7. The van der Waals surface area contributed by atoms with Crippen molar-refractivity contribution in [3.8, 4) is 11.8 Å². The van der Waals surface area contributed by atoms with Crippen LogP contribution in [0.5, 0.6) is 11.8 Å². The fourth-order valence-corrected chi connectivity index (χ4v) is 3.81. The molecular formula is C17H20ClN3O5S2. The van der Waals surface area contributed by atoms with E-state index in [1.54, 1.807) is 6.07 Å². The molecule has 8 nitrogen and oxygen atoms in total. The summed E-state index contributed by atoms with van der Waals surface area (Å²) in [6.07, 6.45) is 1.08. The molecule has 11 heteroatoms. The van der Waals surface area contributed by atoms with Crippen LogP contribution in [0.15, 0.2) is 29.2 Å². The van der Waals surface area contributed by atoms with Gasteiger partial charge in [-0.2, -0.15) is 21.7 Å². The lowest BCUT2D eigenvalue weighted by molar-refractivity contribution is 0.0956. The molecule has 0 atom stereocenters. The molecule has 2 aromatic rings. The summed E-state index contributed by atoms with van der Waals surface area (Å²) in [5.74, 6) is 2.17. The number of sulfone groups is 1. The summed E-state index contributed by atoms with van der Waals surface area (Å²) in [5.41, 5.74) is 0.222. The van der Waals surface area contributed by atoms with Crippen LogP contribution in [0.3, 0.4) is 0 Å². The highest BCUT2D eigenvalue weighted by atomic mass is 35.5. The van der Waals surface area contributed by atoms with E-state index in [2.05, 4.69) is 15.3 Å². The number of benzene rings is 1. The number of nitrogens with zero attached hydrogens (tertiary/aromatic N) is 2. The van der Waals surface area contributed by atoms with Gasteiger partial charge < -0.3 is 14.8 Å². The highest BCUT2D eigenvalue weighted by molar-refractivity contribution is 7.98. The number of carbonyl (C=O) groups is 1. The molecule has 1 amide bonds. The number of carbonyl (C=O) groups excluding carboxylic acids is 1. The Morgan fingerprint density at radius 3 is 2.36 bits per heavy atom. The first-order chi connectivity index (χ1) is 13.2. The second-order valence-corrected chi connectivity index (χ2v) is 9.12. The van der Waals surface area contributed by atoms with Gasteiger partial charge in [0, 0.05) is 18.6 Å². The van der Waals surface area contributed by atoms with Crippen LogP contribution in [-0.2, 0) is 15.6 Å². The first kappa shape index (κ1) is 22.3. The molecule has 0 bridgehead atoms. The normalized spacial score (nSPS) is 11.1. The van der Waals surface area contributed by atoms with Crippen molar-refractivity contribution in [3.63, 3.8) is 0 Å². The van der Waals surface area contributed by atoms with Crippen LogP contribution in [0, 0.1) is 0 Å². The Bertz CT molecular complexity index is 932. The summed E-state index contributed by atoms with van der Waals surface area (Å²) >= 11 is 7.57. The molecule has 0 spiro atoms. The van der Waals surface area contributed by atoms with Crippen LogP contribution < -0.4 is 14.8 Å². The monoisotopic (exact) mass is 445 g/mol. The van der Waals surface area contributed by atoms with E-state index in [-0.39, 0.29) is 21.4 Å². The summed E-state index contributed by atoms with van der Waals surface area (Å²) < 4.78 is 33.2. The molecule has 0 fully saturated rings. The molecule has 28 heavy (non-hydrogen) atoms. The number of hydrogen-bond acceptors (Lipinski definition) is 8. The Morgan fingerprint density at radius 2 is 1.82 bits per heavy atom. The second-order valence-electron chi connectivity index (χ2n) is 5.59. The van der Waals surface area contributed by atoms with Crippen molar-refractivity contribution in [2.75, 3.05) is 32.8 Å². The molecule has 0 aliphatic rings. The van der Waals surface area contributed by atoms with Crippen LogP contribution >= 0.6 is 23.4 Å². The minimum atomic E-state index is -3.38. The third-order valence-electron chi connectivity index (χ3n) is 3.52. The zero-order valence-corrected chi connectivity index (χ0v) is 17.9. The number of amides is 1. The lowest BCUT2D eigenvalue weighted by atomic mass is 10.2. The number of aromatic nitrogens is 2. The lowest BCUT2D eigenvalue weighted by Crippen LogP contribution is -2.26. The Hall–Kier alpha value is -2.04. The van der Waals surface area contributed by atoms with Crippen LogP contribution in [-0.4, -0.2) is 57.1 Å². The van der Waals surface area contributed by atoms with Crippen molar-refractivity contribution in [2.45, 2.75) is 10.6 Å². The average molecular weight is 446 g/mol. The topological polar surface area (TPSA) is 107 Å². The van der Waals surface area contributed by atoms with E-state index >= 15 is 0 Å². The van der Waals surface area contributed by atoms with Crippen molar-refractivity contribution in [3.05, 3.63) is 40.7 Å². The first-order valence-corrected chi connectivity index (χ1v) is 11.5. The fourth-order valence-electron chi connectivity index (χ4n) is 2.13. The van der Waals surface area contributed by atoms with Gasteiger partial charge in [-0.3, -0.25) is 4.79 Å². The molecule has 0 saturated carbocycles. The number of hydrogen-bond donors (Lipinski definition) is 1. The zero-order valence-electron chi connectivity index (χ0n) is 15.6. The Labute approximate surface area is 172 Å². The molecule has 1 heterocycles. The molecule has 1 aromatic carbocycles. The number of methoxy groups -OCH3 is 2. The molecule has 0 saturated heterocycles. The van der Waals surface area contributed by atoms with E-state index in [1.165, 1.54) is 44.2 Å². The number of thioether (sulfide) groups is 1. The molecule has 1 aromatic heterocycles. The van der Waals surface area contributed by atoms with Gasteiger partial charge in [0.05, 0.1) is 41.5 Å². The van der Waals surface area contributed by atoms with Crippen LogP contribution in [0.25, 0.3) is 0 Å². The second kappa shape index (κ2) is 9.94. The molecule has 0 unspecified atom stereocenters. The smallest absolute Gasteiger partial charge is 0.252 e. The van der Waals surface area contributed by atoms with Crippen molar-refractivity contribution in [2.24, 2.45) is 0 Å². The minimum absolute atomic E-state index is 0.0679. The third kappa shape index (κ3) is 6.25. The van der Waals surface area contributed by atoms with E-state index in [9.17, 15) is 13.2 Å². The van der Waals surface area contributed by atoms with Crippen molar-refractivity contribution in [1.29, 1.82) is 0 Å². The maximum Gasteiger partial charge on any atom is 0.252 e. The molecule has 152 valence electrons. The van der Waals surface area contributed by atoms with Crippen LogP contribution in [0.4, 0.5) is 0 Å². The van der Waals surface area contributed by atoms with Crippen molar-refractivity contribution >= 4 is 39.1 Å². The zero-order chi connectivity index (χ0) is 20.7. The van der Waals surface area contributed by atoms with E-state index < -0.39 is 9.84 Å². The molecule has 1 N–H and O–H groups in total. The van der Waals surface area contributed by atoms with Gasteiger partial charge in [0.1, 0.15) is 5.82 Å². The average Bonchev–Trinajstić information content (AvgIpc) is 2.66. The molecule has 0 radical (unpaired) electrons. The predicted octanol–water partition coefficient (Wildman–Crippen LogP) is 2.21. The predicted molar refractivity (Wildman–Crippen MR) is 108 cm³/mol. The van der Waals surface area contributed by atoms with Crippen molar-refractivity contribution < 1.29 is 22.7 Å². The van der Waals surface area contributed by atoms with E-state index in [0.29, 0.717) is 35.6 Å². The SMILES string of the molecule is COc1cc(OC)nc(CSCCNC(=O)c2ccc(S(C)(=O)=O)cc2Cl)n1. The summed E-state index contributed by atoms with van der Waals surface area (Å²) in [6.45, 7) is 0.398. The standard InChI is InChI=1S/C17H20ClN3O5S2/c1-25-15-9-16(26-2)21-14(20-15)10-27-7-6-19-17(22)12-5-4-11(8-13(12)18)28(3,23)24/h4-5,8-9H,6-7,10H2,1-3H3,(H,19,22). The highest BCUT2D eigenvalue weighted by Gasteiger charge is 2.14. The Kier molecular flexibility index (Phi) is 7.90. The van der Waals surface area contributed by atoms with E-state index in [0.717, 1.165) is 6.26 Å².